The van der Waals surface area contributed by atoms with E-state index in [9.17, 15) is 4.39 Å². The van der Waals surface area contributed by atoms with Crippen LogP contribution in [0.15, 0.2) is 36.4 Å². The predicted molar refractivity (Wildman–Crippen MR) is 70.6 cm³/mol. The number of nitrogens with one attached hydrogen (secondary N) is 1. The third-order valence-electron chi connectivity index (χ3n) is 2.49. The van der Waals surface area contributed by atoms with Crippen LogP contribution in [-0.4, -0.2) is 0 Å². The van der Waals surface area contributed by atoms with Crippen LogP contribution in [0.3, 0.4) is 0 Å². The molecule has 0 aliphatic carbocycles. The highest BCUT2D eigenvalue weighted by atomic mass is 35.5. The molecule has 2 nitrogen and oxygen atoms in total. The summed E-state index contributed by atoms with van der Waals surface area (Å²) in [6.07, 6.45) is 0. The molecule has 0 radical (unpaired) electrons. The van der Waals surface area contributed by atoms with Crippen molar-refractivity contribution in [3.8, 4) is 6.07 Å². The summed E-state index contributed by atoms with van der Waals surface area (Å²) < 4.78 is 13.6. The monoisotopic (exact) mass is 260 g/mol. The summed E-state index contributed by atoms with van der Waals surface area (Å²) in [7, 11) is 0. The van der Waals surface area contributed by atoms with Gasteiger partial charge < -0.3 is 5.32 Å². The van der Waals surface area contributed by atoms with Crippen molar-refractivity contribution >= 4 is 23.0 Å². The summed E-state index contributed by atoms with van der Waals surface area (Å²) in [6.45, 7) is 1.88. The minimum absolute atomic E-state index is 0.346. The Morgan fingerprint density at radius 1 is 1.17 bits per heavy atom. The number of halogens is 2. The number of aryl methyl sites for hydroxylation is 1. The summed E-state index contributed by atoms with van der Waals surface area (Å²) in [5, 5.41) is 12.0. The molecule has 0 saturated heterocycles. The highest BCUT2D eigenvalue weighted by Gasteiger charge is 2.06. The first-order valence-corrected chi connectivity index (χ1v) is 5.71. The summed E-state index contributed by atoms with van der Waals surface area (Å²) in [4.78, 5) is 0. The second kappa shape index (κ2) is 5.07. The minimum Gasteiger partial charge on any atom is -0.352 e. The molecule has 18 heavy (non-hydrogen) atoms. The van der Waals surface area contributed by atoms with Crippen LogP contribution >= 0.6 is 11.6 Å². The maximum atomic E-state index is 13.6. The molecular formula is C14H10ClFN2. The van der Waals surface area contributed by atoms with Gasteiger partial charge in [0, 0.05) is 0 Å². The number of rotatable bonds is 2. The van der Waals surface area contributed by atoms with Crippen LogP contribution in [0, 0.1) is 24.1 Å². The van der Waals surface area contributed by atoms with Crippen molar-refractivity contribution in [2.45, 2.75) is 6.92 Å². The third-order valence-corrected chi connectivity index (χ3v) is 2.80. The fourth-order valence-electron chi connectivity index (χ4n) is 1.57. The second-order valence-corrected chi connectivity index (χ2v) is 4.32. The van der Waals surface area contributed by atoms with E-state index in [1.807, 2.05) is 13.0 Å². The van der Waals surface area contributed by atoms with Crippen molar-refractivity contribution < 1.29 is 4.39 Å². The SMILES string of the molecule is Cc1ccc(F)c(Nc2ccc(C#N)cc2Cl)c1. The Morgan fingerprint density at radius 2 is 1.94 bits per heavy atom. The van der Waals surface area contributed by atoms with Gasteiger partial charge in [-0.05, 0) is 42.8 Å². The van der Waals surface area contributed by atoms with Gasteiger partial charge in [-0.15, -0.1) is 0 Å². The summed E-state index contributed by atoms with van der Waals surface area (Å²) >= 11 is 6.01. The average molecular weight is 261 g/mol. The van der Waals surface area contributed by atoms with Crippen LogP contribution in [0.25, 0.3) is 0 Å². The molecule has 0 amide bonds. The molecule has 0 bridgehead atoms. The first-order chi connectivity index (χ1) is 8.60. The Labute approximate surface area is 110 Å². The van der Waals surface area contributed by atoms with Crippen molar-refractivity contribution in [1.29, 1.82) is 5.26 Å². The zero-order valence-corrected chi connectivity index (χ0v) is 10.4. The van der Waals surface area contributed by atoms with E-state index in [2.05, 4.69) is 5.32 Å². The van der Waals surface area contributed by atoms with Crippen LogP contribution in [0.4, 0.5) is 15.8 Å². The maximum absolute atomic E-state index is 13.6. The molecule has 0 aliphatic rings. The number of anilines is 2. The predicted octanol–water partition coefficient (Wildman–Crippen LogP) is 4.40. The van der Waals surface area contributed by atoms with Gasteiger partial charge in [0.2, 0.25) is 0 Å². The quantitative estimate of drug-likeness (QED) is 0.869. The van der Waals surface area contributed by atoms with Gasteiger partial charge in [0.05, 0.1) is 28.0 Å². The van der Waals surface area contributed by atoms with E-state index >= 15 is 0 Å². The van der Waals surface area contributed by atoms with Gasteiger partial charge in [-0.2, -0.15) is 5.26 Å². The van der Waals surface area contributed by atoms with E-state index in [-0.39, 0.29) is 5.82 Å². The van der Waals surface area contributed by atoms with Crippen molar-refractivity contribution in [3.63, 3.8) is 0 Å². The van der Waals surface area contributed by atoms with E-state index in [0.29, 0.717) is 22.0 Å². The Morgan fingerprint density at radius 3 is 2.61 bits per heavy atom. The lowest BCUT2D eigenvalue weighted by Gasteiger charge is -2.10. The van der Waals surface area contributed by atoms with Gasteiger partial charge in [0.15, 0.2) is 0 Å². The van der Waals surface area contributed by atoms with Crippen LogP contribution < -0.4 is 5.32 Å². The maximum Gasteiger partial charge on any atom is 0.146 e. The minimum atomic E-state index is -0.346. The molecule has 0 aliphatic heterocycles. The highest BCUT2D eigenvalue weighted by molar-refractivity contribution is 6.33. The van der Waals surface area contributed by atoms with Crippen molar-refractivity contribution in [1.82, 2.24) is 0 Å². The van der Waals surface area contributed by atoms with E-state index in [0.717, 1.165) is 5.56 Å². The van der Waals surface area contributed by atoms with Crippen molar-refractivity contribution in [2.75, 3.05) is 5.32 Å². The number of hydrogen-bond acceptors (Lipinski definition) is 2. The molecule has 0 aromatic heterocycles. The highest BCUT2D eigenvalue weighted by Crippen LogP contribution is 2.28. The van der Waals surface area contributed by atoms with E-state index < -0.39 is 0 Å². The number of benzene rings is 2. The molecule has 0 fully saturated rings. The van der Waals surface area contributed by atoms with Crippen LogP contribution in [0.5, 0.6) is 0 Å². The molecule has 0 unspecified atom stereocenters. The van der Waals surface area contributed by atoms with Gasteiger partial charge in [-0.25, -0.2) is 4.39 Å². The average Bonchev–Trinajstić information content (AvgIpc) is 2.36. The number of nitriles is 1. The molecule has 2 rings (SSSR count). The Bertz CT molecular complexity index is 632. The first kappa shape index (κ1) is 12.4. The topological polar surface area (TPSA) is 35.8 Å². The fraction of sp³-hybridized carbons (Fsp3) is 0.0714. The van der Waals surface area contributed by atoms with Gasteiger partial charge in [0.1, 0.15) is 5.82 Å². The Kier molecular flexibility index (Phi) is 3.50. The Balaban J connectivity index is 2.34. The molecule has 0 spiro atoms. The Hall–Kier alpha value is -2.05. The smallest absolute Gasteiger partial charge is 0.146 e. The lowest BCUT2D eigenvalue weighted by Crippen LogP contribution is -1.95. The van der Waals surface area contributed by atoms with Crippen LogP contribution in [-0.2, 0) is 0 Å². The number of hydrogen-bond donors (Lipinski definition) is 1. The third kappa shape index (κ3) is 2.61. The van der Waals surface area contributed by atoms with Gasteiger partial charge >= 0.3 is 0 Å². The van der Waals surface area contributed by atoms with E-state index in [4.69, 9.17) is 16.9 Å². The van der Waals surface area contributed by atoms with Gasteiger partial charge in [0.25, 0.3) is 0 Å². The standard InChI is InChI=1S/C14H10ClFN2/c1-9-2-4-12(16)14(6-9)18-13-5-3-10(8-17)7-11(13)15/h2-7,18H,1H3. The lowest BCUT2D eigenvalue weighted by atomic mass is 10.2. The largest absolute Gasteiger partial charge is 0.352 e. The molecule has 0 saturated carbocycles. The molecule has 0 heterocycles. The summed E-state index contributed by atoms with van der Waals surface area (Å²) in [6, 6.07) is 11.6. The molecule has 2 aromatic carbocycles. The van der Waals surface area contributed by atoms with Gasteiger partial charge in [-0.1, -0.05) is 17.7 Å². The molecule has 2 aromatic rings. The lowest BCUT2D eigenvalue weighted by molar-refractivity contribution is 0.631. The molecule has 4 heteroatoms. The summed E-state index contributed by atoms with van der Waals surface area (Å²) in [5.74, 6) is -0.346. The van der Waals surface area contributed by atoms with E-state index in [1.54, 1.807) is 24.3 Å². The fourth-order valence-corrected chi connectivity index (χ4v) is 1.79. The van der Waals surface area contributed by atoms with Crippen LogP contribution in [0.1, 0.15) is 11.1 Å². The zero-order valence-electron chi connectivity index (χ0n) is 9.67. The molecule has 1 N–H and O–H groups in total. The molecule has 90 valence electrons. The van der Waals surface area contributed by atoms with Gasteiger partial charge in [-0.3, -0.25) is 0 Å². The normalized spacial score (nSPS) is 9.89. The van der Waals surface area contributed by atoms with Crippen LogP contribution in [0.2, 0.25) is 5.02 Å². The first-order valence-electron chi connectivity index (χ1n) is 5.33. The van der Waals surface area contributed by atoms with Crippen molar-refractivity contribution in [3.05, 3.63) is 58.4 Å². The zero-order chi connectivity index (χ0) is 13.1. The second-order valence-electron chi connectivity index (χ2n) is 3.91. The molecule has 0 atom stereocenters. The van der Waals surface area contributed by atoms with E-state index in [1.165, 1.54) is 12.1 Å². The molecular weight excluding hydrogens is 251 g/mol. The number of nitrogens with zero attached hydrogens (tertiary/aromatic N) is 1. The summed E-state index contributed by atoms with van der Waals surface area (Å²) in [5.41, 5.74) is 2.35. The van der Waals surface area contributed by atoms with Crippen molar-refractivity contribution in [2.24, 2.45) is 0 Å².